The Morgan fingerprint density at radius 2 is 1.89 bits per heavy atom. The van der Waals surface area contributed by atoms with E-state index in [4.69, 9.17) is 0 Å². The molecule has 0 atom stereocenters. The summed E-state index contributed by atoms with van der Waals surface area (Å²) in [5, 5.41) is 12.1. The van der Waals surface area contributed by atoms with Crippen molar-refractivity contribution in [3.05, 3.63) is 59.9 Å². The van der Waals surface area contributed by atoms with Gasteiger partial charge in [0.15, 0.2) is 5.82 Å². The number of rotatable bonds is 5. The van der Waals surface area contributed by atoms with E-state index < -0.39 is 10.0 Å². The second-order valence-corrected chi connectivity index (χ2v) is 8.74. The highest BCUT2D eigenvalue weighted by Gasteiger charge is 2.25. The van der Waals surface area contributed by atoms with Crippen molar-refractivity contribution in [3.63, 3.8) is 0 Å². The van der Waals surface area contributed by atoms with Crippen LogP contribution < -0.4 is 4.90 Å². The molecule has 1 aliphatic heterocycles. The second-order valence-electron chi connectivity index (χ2n) is 6.59. The SMILES string of the molecule is CN(C)S(=O)(=O)c1ccc2c(c1)CCN2Cc1nnnn1-c1ccccc1. The quantitative estimate of drug-likeness (QED) is 0.662. The summed E-state index contributed by atoms with van der Waals surface area (Å²) in [6.07, 6.45) is 0.791. The minimum absolute atomic E-state index is 0.321. The Balaban J connectivity index is 1.61. The molecular formula is C18H20N6O2S. The summed E-state index contributed by atoms with van der Waals surface area (Å²) < 4.78 is 27.7. The number of tetrazole rings is 1. The molecule has 2 aromatic carbocycles. The Kier molecular flexibility index (Phi) is 4.40. The molecule has 1 aliphatic rings. The molecule has 0 spiro atoms. The molecule has 140 valence electrons. The van der Waals surface area contributed by atoms with Crippen LogP contribution in [0.1, 0.15) is 11.4 Å². The van der Waals surface area contributed by atoms with Gasteiger partial charge in [0.2, 0.25) is 10.0 Å². The number of anilines is 1. The van der Waals surface area contributed by atoms with Crippen LogP contribution in [0.4, 0.5) is 5.69 Å². The summed E-state index contributed by atoms with van der Waals surface area (Å²) in [5.41, 5.74) is 2.95. The molecule has 0 amide bonds. The van der Waals surface area contributed by atoms with Crippen LogP contribution >= 0.6 is 0 Å². The lowest BCUT2D eigenvalue weighted by Crippen LogP contribution is -2.23. The van der Waals surface area contributed by atoms with Crippen LogP contribution in [0.5, 0.6) is 0 Å². The summed E-state index contributed by atoms with van der Waals surface area (Å²) in [7, 11) is -0.350. The molecule has 0 aliphatic carbocycles. The number of fused-ring (bicyclic) bond motifs is 1. The Hall–Kier alpha value is -2.78. The second kappa shape index (κ2) is 6.75. The largest absolute Gasteiger partial charge is 0.363 e. The molecule has 0 N–H and O–H groups in total. The first-order chi connectivity index (χ1) is 13.0. The lowest BCUT2D eigenvalue weighted by atomic mass is 10.2. The van der Waals surface area contributed by atoms with Gasteiger partial charge in [-0.2, -0.15) is 4.68 Å². The summed E-state index contributed by atoms with van der Waals surface area (Å²) >= 11 is 0. The van der Waals surface area contributed by atoms with Crippen LogP contribution in [0.3, 0.4) is 0 Å². The number of hydrogen-bond donors (Lipinski definition) is 0. The summed E-state index contributed by atoms with van der Waals surface area (Å²) in [5.74, 6) is 0.735. The fourth-order valence-electron chi connectivity index (χ4n) is 3.23. The first-order valence-corrected chi connectivity index (χ1v) is 10.0. The van der Waals surface area contributed by atoms with Crippen molar-refractivity contribution in [2.45, 2.75) is 17.9 Å². The normalized spacial score (nSPS) is 14.0. The molecule has 0 unspecified atom stereocenters. The van der Waals surface area contributed by atoms with E-state index in [9.17, 15) is 8.42 Å². The van der Waals surface area contributed by atoms with Crippen LogP contribution in [-0.4, -0.2) is 53.6 Å². The first kappa shape index (κ1) is 17.6. The van der Waals surface area contributed by atoms with Crippen LogP contribution in [0.25, 0.3) is 5.69 Å². The minimum atomic E-state index is -3.43. The van der Waals surface area contributed by atoms with Crippen molar-refractivity contribution in [1.29, 1.82) is 0 Å². The van der Waals surface area contributed by atoms with Gasteiger partial charge in [-0.15, -0.1) is 5.10 Å². The molecule has 9 heteroatoms. The van der Waals surface area contributed by atoms with Crippen LogP contribution in [0, 0.1) is 0 Å². The Morgan fingerprint density at radius 3 is 2.63 bits per heavy atom. The highest BCUT2D eigenvalue weighted by Crippen LogP contribution is 2.31. The maximum Gasteiger partial charge on any atom is 0.242 e. The van der Waals surface area contributed by atoms with Crippen molar-refractivity contribution in [2.24, 2.45) is 0 Å². The number of hydrogen-bond acceptors (Lipinski definition) is 6. The van der Waals surface area contributed by atoms with Crippen molar-refractivity contribution < 1.29 is 8.42 Å². The molecule has 3 aromatic rings. The maximum absolute atomic E-state index is 12.4. The van der Waals surface area contributed by atoms with E-state index >= 15 is 0 Å². The molecule has 2 heterocycles. The van der Waals surface area contributed by atoms with Gasteiger partial charge in [0.1, 0.15) is 0 Å². The molecule has 27 heavy (non-hydrogen) atoms. The van der Waals surface area contributed by atoms with Gasteiger partial charge in [-0.3, -0.25) is 0 Å². The van der Waals surface area contributed by atoms with E-state index in [1.54, 1.807) is 16.8 Å². The zero-order valence-corrected chi connectivity index (χ0v) is 16.0. The molecule has 1 aromatic heterocycles. The van der Waals surface area contributed by atoms with Gasteiger partial charge in [0.25, 0.3) is 0 Å². The van der Waals surface area contributed by atoms with E-state index in [1.165, 1.54) is 18.4 Å². The van der Waals surface area contributed by atoms with Crippen molar-refractivity contribution >= 4 is 15.7 Å². The Labute approximate surface area is 158 Å². The van der Waals surface area contributed by atoms with Crippen molar-refractivity contribution in [3.8, 4) is 5.69 Å². The van der Waals surface area contributed by atoms with Gasteiger partial charge in [-0.05, 0) is 52.7 Å². The highest BCUT2D eigenvalue weighted by atomic mass is 32.2. The smallest absolute Gasteiger partial charge is 0.242 e. The van der Waals surface area contributed by atoms with E-state index in [2.05, 4.69) is 20.4 Å². The van der Waals surface area contributed by atoms with Gasteiger partial charge in [0, 0.05) is 26.3 Å². The molecule has 0 saturated heterocycles. The van der Waals surface area contributed by atoms with Crippen LogP contribution in [-0.2, 0) is 23.0 Å². The zero-order chi connectivity index (χ0) is 19.0. The lowest BCUT2D eigenvalue weighted by Gasteiger charge is -2.19. The van der Waals surface area contributed by atoms with Gasteiger partial charge in [0.05, 0.1) is 17.1 Å². The average molecular weight is 384 g/mol. The van der Waals surface area contributed by atoms with Gasteiger partial charge >= 0.3 is 0 Å². The fraction of sp³-hybridized carbons (Fsp3) is 0.278. The number of sulfonamides is 1. The summed E-state index contributed by atoms with van der Waals surface area (Å²) in [6, 6.07) is 15.0. The fourth-order valence-corrected chi connectivity index (χ4v) is 4.18. The highest BCUT2D eigenvalue weighted by molar-refractivity contribution is 7.89. The molecule has 0 fully saturated rings. The first-order valence-electron chi connectivity index (χ1n) is 8.60. The van der Waals surface area contributed by atoms with Gasteiger partial charge in [-0.1, -0.05) is 18.2 Å². The van der Waals surface area contributed by atoms with Gasteiger partial charge < -0.3 is 4.90 Å². The molecule has 0 saturated carbocycles. The number of nitrogens with zero attached hydrogens (tertiary/aromatic N) is 6. The molecule has 4 rings (SSSR count). The Morgan fingerprint density at radius 1 is 1.11 bits per heavy atom. The number of para-hydroxylation sites is 1. The molecule has 8 nitrogen and oxygen atoms in total. The monoisotopic (exact) mass is 384 g/mol. The van der Waals surface area contributed by atoms with Crippen LogP contribution in [0.15, 0.2) is 53.4 Å². The minimum Gasteiger partial charge on any atom is -0.363 e. The maximum atomic E-state index is 12.4. The standard InChI is InChI=1S/C18H20N6O2S/c1-22(2)27(25,26)16-8-9-17-14(12-16)10-11-23(17)13-18-19-20-21-24(18)15-6-4-3-5-7-15/h3-9,12H,10-11,13H2,1-2H3. The third kappa shape index (κ3) is 3.19. The van der Waals surface area contributed by atoms with Gasteiger partial charge in [-0.25, -0.2) is 12.7 Å². The molecule has 0 radical (unpaired) electrons. The van der Waals surface area contributed by atoms with Crippen LogP contribution in [0.2, 0.25) is 0 Å². The average Bonchev–Trinajstić information content (AvgIpc) is 3.29. The predicted octanol–water partition coefficient (Wildman–Crippen LogP) is 1.48. The van der Waals surface area contributed by atoms with E-state index in [0.29, 0.717) is 11.4 Å². The zero-order valence-electron chi connectivity index (χ0n) is 15.1. The van der Waals surface area contributed by atoms with Crippen molar-refractivity contribution in [2.75, 3.05) is 25.5 Å². The van der Waals surface area contributed by atoms with E-state index in [-0.39, 0.29) is 0 Å². The lowest BCUT2D eigenvalue weighted by molar-refractivity contribution is 0.520. The third-order valence-corrected chi connectivity index (χ3v) is 6.50. The topological polar surface area (TPSA) is 84.2 Å². The summed E-state index contributed by atoms with van der Waals surface area (Å²) in [6.45, 7) is 1.34. The molecular weight excluding hydrogens is 364 g/mol. The summed E-state index contributed by atoms with van der Waals surface area (Å²) in [4.78, 5) is 2.49. The molecule has 0 bridgehead atoms. The number of aromatic nitrogens is 4. The predicted molar refractivity (Wildman–Crippen MR) is 101 cm³/mol. The van der Waals surface area contributed by atoms with E-state index in [1.807, 2.05) is 36.4 Å². The third-order valence-electron chi connectivity index (χ3n) is 4.69. The number of benzene rings is 2. The van der Waals surface area contributed by atoms with E-state index in [0.717, 1.165) is 35.7 Å². The van der Waals surface area contributed by atoms with Crippen molar-refractivity contribution in [1.82, 2.24) is 24.5 Å². The Bertz CT molecular complexity index is 1060.